The van der Waals surface area contributed by atoms with E-state index in [-0.39, 0.29) is 34.9 Å². The van der Waals surface area contributed by atoms with Gasteiger partial charge in [-0.05, 0) is 0 Å². The van der Waals surface area contributed by atoms with Gasteiger partial charge in [0.25, 0.3) is 0 Å². The Bertz CT molecular complexity index is 633. The minimum absolute atomic E-state index is 0.0520. The zero-order chi connectivity index (χ0) is 12.0. The van der Waals surface area contributed by atoms with Crippen LogP contribution in [0.3, 0.4) is 0 Å². The first-order chi connectivity index (χ1) is 8.20. The average Bonchev–Trinajstić information content (AvgIpc) is 2.36. The van der Waals surface area contributed by atoms with Crippen molar-refractivity contribution in [3.63, 3.8) is 0 Å². The molecule has 1 aromatic rings. The average molecular weight is 224 g/mol. The Morgan fingerprint density at radius 2 is 1.53 bits per heavy atom. The van der Waals surface area contributed by atoms with Gasteiger partial charge >= 0.3 is 0 Å². The smallest absolute Gasteiger partial charge is 0.198 e. The molecule has 82 valence electrons. The lowest BCUT2D eigenvalue weighted by atomic mass is 9.79. The molecule has 0 aliphatic heterocycles. The molecule has 0 radical (unpaired) electrons. The molecule has 0 aromatic heterocycles. The fraction of sp³-hybridized carbons (Fsp3) is 0.0714. The van der Waals surface area contributed by atoms with Crippen molar-refractivity contribution in [1.29, 1.82) is 0 Å². The van der Waals surface area contributed by atoms with E-state index in [1.54, 1.807) is 36.4 Å². The first-order valence-electron chi connectivity index (χ1n) is 5.32. The highest BCUT2D eigenvalue weighted by atomic mass is 16.2. The van der Waals surface area contributed by atoms with Gasteiger partial charge in [-0.1, -0.05) is 36.4 Å². The van der Waals surface area contributed by atoms with Crippen LogP contribution in [0.4, 0.5) is 0 Å². The summed E-state index contributed by atoms with van der Waals surface area (Å²) in [7, 11) is 0. The molecule has 0 bridgehead atoms. The third-order valence-corrected chi connectivity index (χ3v) is 3.02. The van der Waals surface area contributed by atoms with Gasteiger partial charge in [0, 0.05) is 23.1 Å². The van der Waals surface area contributed by atoms with E-state index < -0.39 is 0 Å². The minimum atomic E-state index is -0.329. The van der Waals surface area contributed by atoms with Crippen molar-refractivity contribution in [2.24, 2.45) is 0 Å². The second-order valence-corrected chi connectivity index (χ2v) is 4.02. The maximum Gasteiger partial charge on any atom is 0.198 e. The molecular formula is C14H8O3. The van der Waals surface area contributed by atoms with Crippen molar-refractivity contribution >= 4 is 17.3 Å². The summed E-state index contributed by atoms with van der Waals surface area (Å²) >= 11 is 0. The minimum Gasteiger partial charge on any atom is -0.294 e. The third kappa shape index (κ3) is 1.25. The van der Waals surface area contributed by atoms with E-state index in [0.717, 1.165) is 0 Å². The Morgan fingerprint density at radius 3 is 2.24 bits per heavy atom. The van der Waals surface area contributed by atoms with Gasteiger partial charge in [-0.15, -0.1) is 0 Å². The Morgan fingerprint density at radius 1 is 0.882 bits per heavy atom. The molecule has 3 heteroatoms. The third-order valence-electron chi connectivity index (χ3n) is 3.02. The van der Waals surface area contributed by atoms with E-state index in [4.69, 9.17) is 0 Å². The van der Waals surface area contributed by atoms with Gasteiger partial charge in [-0.3, -0.25) is 14.4 Å². The van der Waals surface area contributed by atoms with Gasteiger partial charge in [0.05, 0.1) is 5.57 Å². The lowest BCUT2D eigenvalue weighted by molar-refractivity contribution is -0.114. The topological polar surface area (TPSA) is 51.2 Å². The van der Waals surface area contributed by atoms with Gasteiger partial charge in [-0.2, -0.15) is 0 Å². The van der Waals surface area contributed by atoms with Gasteiger partial charge in [0.1, 0.15) is 0 Å². The van der Waals surface area contributed by atoms with Gasteiger partial charge in [0.15, 0.2) is 17.3 Å². The van der Waals surface area contributed by atoms with E-state index >= 15 is 0 Å². The van der Waals surface area contributed by atoms with Crippen molar-refractivity contribution < 1.29 is 14.4 Å². The van der Waals surface area contributed by atoms with Crippen molar-refractivity contribution in [1.82, 2.24) is 0 Å². The predicted octanol–water partition coefficient (Wildman–Crippen LogP) is 1.89. The molecule has 0 atom stereocenters. The second kappa shape index (κ2) is 3.35. The van der Waals surface area contributed by atoms with Crippen LogP contribution in [0, 0.1) is 0 Å². The quantitative estimate of drug-likeness (QED) is 0.632. The molecule has 1 aromatic carbocycles. The molecule has 0 saturated heterocycles. The zero-order valence-corrected chi connectivity index (χ0v) is 8.90. The van der Waals surface area contributed by atoms with Crippen LogP contribution in [0.2, 0.25) is 0 Å². The van der Waals surface area contributed by atoms with E-state index in [2.05, 4.69) is 0 Å². The molecule has 0 N–H and O–H groups in total. The Kier molecular flexibility index (Phi) is 1.95. The lowest BCUT2D eigenvalue weighted by Crippen LogP contribution is -2.27. The largest absolute Gasteiger partial charge is 0.294 e. The molecule has 0 fully saturated rings. The summed E-state index contributed by atoms with van der Waals surface area (Å²) in [6.45, 7) is 0. The number of ketones is 3. The molecule has 0 unspecified atom stereocenters. The van der Waals surface area contributed by atoms with Crippen LogP contribution in [0.5, 0.6) is 0 Å². The van der Waals surface area contributed by atoms with E-state index in [1.807, 2.05) is 0 Å². The molecule has 2 aliphatic rings. The van der Waals surface area contributed by atoms with E-state index in [0.29, 0.717) is 11.1 Å². The molecule has 17 heavy (non-hydrogen) atoms. The number of hydrogen-bond donors (Lipinski definition) is 0. The molecule has 0 saturated carbocycles. The summed E-state index contributed by atoms with van der Waals surface area (Å²) in [6, 6.07) is 6.61. The predicted molar refractivity (Wildman–Crippen MR) is 60.9 cm³/mol. The number of fused-ring (bicyclic) bond motifs is 1. The normalized spacial score (nSPS) is 18.2. The van der Waals surface area contributed by atoms with Crippen LogP contribution in [-0.2, 0) is 4.79 Å². The Balaban J connectivity index is 2.31. The van der Waals surface area contributed by atoms with Crippen LogP contribution < -0.4 is 0 Å². The van der Waals surface area contributed by atoms with Crippen molar-refractivity contribution in [2.45, 2.75) is 6.42 Å². The molecule has 2 aliphatic carbocycles. The van der Waals surface area contributed by atoms with E-state index in [9.17, 15) is 14.4 Å². The number of benzene rings is 1. The second-order valence-electron chi connectivity index (χ2n) is 4.02. The fourth-order valence-electron chi connectivity index (χ4n) is 2.22. The highest BCUT2D eigenvalue weighted by molar-refractivity contribution is 6.38. The number of carbonyl (C=O) groups is 3. The standard InChI is InChI=1S/C14H8O3/c15-11-7-3-6-10-12(11)14(17)9-5-2-1-4-8(9)13(10)16/h1-6H,7H2. The Labute approximate surface area is 97.4 Å². The lowest BCUT2D eigenvalue weighted by Gasteiger charge is -2.20. The van der Waals surface area contributed by atoms with Crippen LogP contribution in [-0.4, -0.2) is 17.3 Å². The molecule has 0 heterocycles. The summed E-state index contributed by atoms with van der Waals surface area (Å²) in [5.41, 5.74) is 1.01. The molecule has 0 spiro atoms. The van der Waals surface area contributed by atoms with Crippen LogP contribution in [0.15, 0.2) is 47.6 Å². The molecule has 0 amide bonds. The molecule has 3 nitrogen and oxygen atoms in total. The summed E-state index contributed by atoms with van der Waals surface area (Å²) in [5, 5.41) is 0. The fourth-order valence-corrected chi connectivity index (χ4v) is 2.22. The van der Waals surface area contributed by atoms with E-state index in [1.165, 1.54) is 0 Å². The summed E-state index contributed by atoms with van der Waals surface area (Å²) in [6.07, 6.45) is 3.40. The Hall–Kier alpha value is -2.29. The number of rotatable bonds is 0. The van der Waals surface area contributed by atoms with Gasteiger partial charge in [-0.25, -0.2) is 0 Å². The highest BCUT2D eigenvalue weighted by Crippen LogP contribution is 2.30. The monoisotopic (exact) mass is 224 g/mol. The number of carbonyl (C=O) groups excluding carboxylic acids is 3. The summed E-state index contributed by atoms with van der Waals surface area (Å²) in [4.78, 5) is 36.0. The SMILES string of the molecule is O=C1CC=CC2=C1C(=O)c1ccccc1C2=O. The first kappa shape index (κ1) is 9.90. The number of Topliss-reactive ketones (excluding diaryl/α,β-unsaturated/α-hetero) is 3. The first-order valence-corrected chi connectivity index (χ1v) is 5.32. The van der Waals surface area contributed by atoms with Crippen molar-refractivity contribution in [3.8, 4) is 0 Å². The van der Waals surface area contributed by atoms with Crippen LogP contribution in [0.25, 0.3) is 0 Å². The highest BCUT2D eigenvalue weighted by Gasteiger charge is 2.35. The number of hydrogen-bond acceptors (Lipinski definition) is 3. The maximum absolute atomic E-state index is 12.1. The van der Waals surface area contributed by atoms with Crippen molar-refractivity contribution in [3.05, 3.63) is 58.7 Å². The molecular weight excluding hydrogens is 216 g/mol. The van der Waals surface area contributed by atoms with Gasteiger partial charge < -0.3 is 0 Å². The van der Waals surface area contributed by atoms with Crippen molar-refractivity contribution in [2.75, 3.05) is 0 Å². The van der Waals surface area contributed by atoms with Crippen LogP contribution in [0.1, 0.15) is 27.1 Å². The summed E-state index contributed by atoms with van der Waals surface area (Å²) < 4.78 is 0. The maximum atomic E-state index is 12.1. The molecule has 3 rings (SSSR count). The summed E-state index contributed by atoms with van der Waals surface area (Å²) in [5.74, 6) is -0.834. The number of allylic oxidation sites excluding steroid dienone is 4. The van der Waals surface area contributed by atoms with Gasteiger partial charge in [0.2, 0.25) is 0 Å². The van der Waals surface area contributed by atoms with Crippen LogP contribution >= 0.6 is 0 Å². The zero-order valence-electron chi connectivity index (χ0n) is 8.90.